The molecular weight excluding hydrogens is 498 g/mol. The lowest BCUT2D eigenvalue weighted by Gasteiger charge is -2.31. The van der Waals surface area contributed by atoms with Gasteiger partial charge in [0.05, 0.1) is 0 Å². The molecule has 9 heteroatoms. The highest BCUT2D eigenvalue weighted by Gasteiger charge is 2.28. The topological polar surface area (TPSA) is 114 Å². The number of ether oxygens (including phenoxy) is 2. The number of carbonyl (C=O) groups is 4. The Labute approximate surface area is 227 Å². The van der Waals surface area contributed by atoms with Crippen molar-refractivity contribution in [1.29, 1.82) is 0 Å². The Bertz CT molecular complexity index is 1260. The number of benzene rings is 3. The van der Waals surface area contributed by atoms with Gasteiger partial charge in [-0.3, -0.25) is 9.59 Å². The molecule has 0 saturated carbocycles. The van der Waals surface area contributed by atoms with Crippen molar-refractivity contribution in [2.75, 3.05) is 13.1 Å². The zero-order valence-electron chi connectivity index (χ0n) is 21.5. The molecule has 4 rings (SSSR count). The summed E-state index contributed by atoms with van der Waals surface area (Å²) in [4.78, 5) is 51.0. The highest BCUT2D eigenvalue weighted by atomic mass is 16.6. The van der Waals surface area contributed by atoms with Crippen molar-refractivity contribution in [3.8, 4) is 5.75 Å². The first kappa shape index (κ1) is 27.4. The van der Waals surface area contributed by atoms with Gasteiger partial charge < -0.3 is 29.8 Å². The van der Waals surface area contributed by atoms with Crippen molar-refractivity contribution in [2.24, 2.45) is 0 Å². The Balaban J connectivity index is 1.25. The van der Waals surface area contributed by atoms with E-state index in [-0.39, 0.29) is 19.3 Å². The fraction of sp³-hybridized carbons (Fsp3) is 0.267. The number of aldehydes is 1. The van der Waals surface area contributed by atoms with E-state index in [9.17, 15) is 19.2 Å². The summed E-state index contributed by atoms with van der Waals surface area (Å²) in [5.41, 5.74) is 2.30. The summed E-state index contributed by atoms with van der Waals surface area (Å²) >= 11 is 0. The van der Waals surface area contributed by atoms with Crippen LogP contribution in [0.1, 0.15) is 35.6 Å². The van der Waals surface area contributed by atoms with Gasteiger partial charge in [-0.15, -0.1) is 0 Å². The molecule has 0 aromatic heterocycles. The van der Waals surface area contributed by atoms with E-state index in [0.29, 0.717) is 43.5 Å². The van der Waals surface area contributed by atoms with Crippen LogP contribution in [0.5, 0.6) is 5.75 Å². The maximum atomic E-state index is 12.6. The Hall–Kier alpha value is -4.66. The monoisotopic (exact) mass is 529 g/mol. The van der Waals surface area contributed by atoms with Crippen LogP contribution < -0.4 is 15.4 Å². The Kier molecular flexibility index (Phi) is 9.66. The minimum absolute atomic E-state index is 0.189. The van der Waals surface area contributed by atoms with E-state index in [1.165, 1.54) is 0 Å². The average Bonchev–Trinajstić information content (AvgIpc) is 2.99. The second-order valence-corrected chi connectivity index (χ2v) is 9.17. The van der Waals surface area contributed by atoms with Gasteiger partial charge in [0.1, 0.15) is 31.3 Å². The molecule has 1 unspecified atom stereocenters. The standard InChI is InChI=1S/C30H31N3O6/c34-19-26(25-13-7-8-14-27(25)38-20-22-9-3-1-4-10-22)32-29(36)28(35)31-24-15-17-33(18-16-24)30(37)39-21-23-11-5-2-6-12-23/h1-14,19,24,26H,15-18,20-21H2,(H,31,35)(H,32,36). The number of carbonyl (C=O) groups excluding carboxylic acids is 4. The lowest BCUT2D eigenvalue weighted by molar-refractivity contribution is -0.140. The molecule has 0 aliphatic carbocycles. The molecule has 9 nitrogen and oxygen atoms in total. The van der Waals surface area contributed by atoms with Gasteiger partial charge in [0.2, 0.25) is 0 Å². The van der Waals surface area contributed by atoms with Crippen LogP contribution in [-0.2, 0) is 32.3 Å². The number of amides is 3. The molecule has 1 atom stereocenters. The summed E-state index contributed by atoms with van der Waals surface area (Å²) in [5, 5.41) is 5.19. The number of likely N-dealkylation sites (tertiary alicyclic amines) is 1. The molecule has 1 aliphatic rings. The second-order valence-electron chi connectivity index (χ2n) is 9.17. The third kappa shape index (κ3) is 7.91. The molecule has 3 aromatic carbocycles. The van der Waals surface area contributed by atoms with Crippen LogP contribution in [-0.4, -0.2) is 48.2 Å². The van der Waals surface area contributed by atoms with Crippen molar-refractivity contribution in [3.05, 3.63) is 102 Å². The van der Waals surface area contributed by atoms with Crippen LogP contribution in [0.2, 0.25) is 0 Å². The maximum Gasteiger partial charge on any atom is 0.410 e. The van der Waals surface area contributed by atoms with Gasteiger partial charge in [-0.2, -0.15) is 0 Å². The summed E-state index contributed by atoms with van der Waals surface area (Å²) in [5.74, 6) is -1.32. The maximum absolute atomic E-state index is 12.6. The number of hydrogen-bond acceptors (Lipinski definition) is 6. The number of hydrogen-bond donors (Lipinski definition) is 2. The first-order chi connectivity index (χ1) is 19.0. The highest BCUT2D eigenvalue weighted by molar-refractivity contribution is 6.35. The molecule has 1 saturated heterocycles. The number of piperidine rings is 1. The van der Waals surface area contributed by atoms with Gasteiger partial charge in [0.15, 0.2) is 0 Å². The molecule has 1 heterocycles. The van der Waals surface area contributed by atoms with Crippen LogP contribution >= 0.6 is 0 Å². The summed E-state index contributed by atoms with van der Waals surface area (Å²) in [6.07, 6.45) is 1.11. The molecule has 0 radical (unpaired) electrons. The third-order valence-corrected chi connectivity index (χ3v) is 6.41. The Morgan fingerprint density at radius 1 is 0.821 bits per heavy atom. The van der Waals surface area contributed by atoms with Crippen LogP contribution in [0.25, 0.3) is 0 Å². The van der Waals surface area contributed by atoms with E-state index in [0.717, 1.165) is 11.1 Å². The SMILES string of the molecule is O=CC(NC(=O)C(=O)NC1CCN(C(=O)OCc2ccccc2)CC1)c1ccccc1OCc1ccccc1. The number of nitrogens with zero attached hydrogens (tertiary/aromatic N) is 1. The van der Waals surface area contributed by atoms with E-state index in [2.05, 4.69) is 10.6 Å². The predicted molar refractivity (Wildman–Crippen MR) is 144 cm³/mol. The molecule has 3 amide bonds. The molecule has 0 bridgehead atoms. The van der Waals surface area contributed by atoms with Gasteiger partial charge >= 0.3 is 17.9 Å². The molecule has 0 spiro atoms. The summed E-state index contributed by atoms with van der Waals surface area (Å²) in [6, 6.07) is 24.5. The van der Waals surface area contributed by atoms with Crippen LogP contribution in [0, 0.1) is 0 Å². The molecule has 1 aliphatic heterocycles. The summed E-state index contributed by atoms with van der Waals surface area (Å²) in [6.45, 7) is 1.26. The minimum Gasteiger partial charge on any atom is -0.489 e. The molecule has 1 fully saturated rings. The van der Waals surface area contributed by atoms with E-state index >= 15 is 0 Å². The quantitative estimate of drug-likeness (QED) is 0.324. The largest absolute Gasteiger partial charge is 0.489 e. The van der Waals surface area contributed by atoms with E-state index in [4.69, 9.17) is 9.47 Å². The highest BCUT2D eigenvalue weighted by Crippen LogP contribution is 2.25. The zero-order valence-corrected chi connectivity index (χ0v) is 21.5. The van der Waals surface area contributed by atoms with E-state index in [1.54, 1.807) is 29.2 Å². The van der Waals surface area contributed by atoms with E-state index < -0.39 is 23.9 Å². The lowest BCUT2D eigenvalue weighted by Crippen LogP contribution is -2.50. The normalized spacial score (nSPS) is 14.1. The van der Waals surface area contributed by atoms with Gasteiger partial charge in [-0.05, 0) is 30.0 Å². The lowest BCUT2D eigenvalue weighted by atomic mass is 10.1. The molecule has 2 N–H and O–H groups in total. The van der Waals surface area contributed by atoms with Crippen molar-refractivity contribution in [1.82, 2.24) is 15.5 Å². The van der Waals surface area contributed by atoms with Crippen molar-refractivity contribution >= 4 is 24.2 Å². The molecule has 3 aromatic rings. The van der Waals surface area contributed by atoms with Crippen molar-refractivity contribution in [3.63, 3.8) is 0 Å². The number of para-hydroxylation sites is 1. The third-order valence-electron chi connectivity index (χ3n) is 6.41. The Morgan fingerprint density at radius 3 is 2.05 bits per heavy atom. The van der Waals surface area contributed by atoms with Crippen LogP contribution in [0.3, 0.4) is 0 Å². The Morgan fingerprint density at radius 2 is 1.41 bits per heavy atom. The molecular formula is C30H31N3O6. The summed E-state index contributed by atoms with van der Waals surface area (Å²) < 4.78 is 11.3. The van der Waals surface area contributed by atoms with E-state index in [1.807, 2.05) is 60.7 Å². The number of nitrogens with one attached hydrogen (secondary N) is 2. The minimum atomic E-state index is -1.06. The molecule has 39 heavy (non-hydrogen) atoms. The van der Waals surface area contributed by atoms with Crippen LogP contribution in [0.15, 0.2) is 84.9 Å². The predicted octanol–water partition coefficient (Wildman–Crippen LogP) is 3.54. The second kappa shape index (κ2) is 13.8. The van der Waals surface area contributed by atoms with Gasteiger partial charge in [0, 0.05) is 24.7 Å². The van der Waals surface area contributed by atoms with Gasteiger partial charge in [-0.1, -0.05) is 78.9 Å². The average molecular weight is 530 g/mol. The molecule has 202 valence electrons. The zero-order chi connectivity index (χ0) is 27.5. The van der Waals surface area contributed by atoms with Crippen LogP contribution in [0.4, 0.5) is 4.79 Å². The first-order valence-electron chi connectivity index (χ1n) is 12.8. The first-order valence-corrected chi connectivity index (χ1v) is 12.8. The fourth-order valence-electron chi connectivity index (χ4n) is 4.26. The smallest absolute Gasteiger partial charge is 0.410 e. The van der Waals surface area contributed by atoms with Crippen molar-refractivity contribution < 1.29 is 28.7 Å². The van der Waals surface area contributed by atoms with Crippen molar-refractivity contribution in [2.45, 2.75) is 38.1 Å². The fourth-order valence-corrected chi connectivity index (χ4v) is 4.26. The number of rotatable bonds is 9. The summed E-state index contributed by atoms with van der Waals surface area (Å²) in [7, 11) is 0. The van der Waals surface area contributed by atoms with Gasteiger partial charge in [-0.25, -0.2) is 4.79 Å². The van der Waals surface area contributed by atoms with Gasteiger partial charge in [0.25, 0.3) is 0 Å².